The first-order valence-corrected chi connectivity index (χ1v) is 8.25. The summed E-state index contributed by atoms with van der Waals surface area (Å²) in [5.41, 5.74) is 9.03. The van der Waals surface area contributed by atoms with Crippen molar-refractivity contribution in [2.75, 3.05) is 0 Å². The van der Waals surface area contributed by atoms with Crippen molar-refractivity contribution in [3.8, 4) is 0 Å². The van der Waals surface area contributed by atoms with Gasteiger partial charge in [0, 0.05) is 11.3 Å². The molecule has 114 valence electrons. The molecule has 2 aromatic rings. The van der Waals surface area contributed by atoms with Crippen molar-refractivity contribution in [2.24, 2.45) is 0 Å². The molecule has 2 nitrogen and oxygen atoms in total. The summed E-state index contributed by atoms with van der Waals surface area (Å²) in [6.45, 7) is 11.7. The molecule has 1 aromatic heterocycles. The third-order valence-electron chi connectivity index (χ3n) is 4.20. The maximum Gasteiger partial charge on any atom is 0.0669 e. The van der Waals surface area contributed by atoms with Crippen LogP contribution in [0.1, 0.15) is 53.1 Å². The van der Waals surface area contributed by atoms with E-state index in [0.29, 0.717) is 5.88 Å². The Morgan fingerprint density at radius 1 is 1.00 bits per heavy atom. The normalized spacial score (nSPS) is 11.1. The van der Waals surface area contributed by atoms with Gasteiger partial charge >= 0.3 is 0 Å². The van der Waals surface area contributed by atoms with Gasteiger partial charge in [0.1, 0.15) is 0 Å². The number of aryl methyl sites for hydroxylation is 4. The minimum atomic E-state index is 0.554. The van der Waals surface area contributed by atoms with E-state index in [1.165, 1.54) is 33.5 Å². The Labute approximate surface area is 133 Å². The molecule has 0 saturated carbocycles. The summed E-state index contributed by atoms with van der Waals surface area (Å²) < 4.78 is 2.15. The van der Waals surface area contributed by atoms with Gasteiger partial charge in [-0.15, -0.1) is 11.6 Å². The molecule has 2 rings (SSSR count). The van der Waals surface area contributed by atoms with Gasteiger partial charge < -0.3 is 0 Å². The van der Waals surface area contributed by atoms with Gasteiger partial charge in [-0.05, 0) is 50.3 Å². The van der Waals surface area contributed by atoms with Crippen LogP contribution in [0.4, 0.5) is 0 Å². The van der Waals surface area contributed by atoms with Gasteiger partial charge in [0.25, 0.3) is 0 Å². The van der Waals surface area contributed by atoms with Crippen LogP contribution in [-0.2, 0) is 25.3 Å². The van der Waals surface area contributed by atoms with Crippen LogP contribution in [0.3, 0.4) is 0 Å². The van der Waals surface area contributed by atoms with Crippen LogP contribution in [0.25, 0.3) is 0 Å². The minimum Gasteiger partial charge on any atom is -0.265 e. The van der Waals surface area contributed by atoms with E-state index in [9.17, 15) is 0 Å². The smallest absolute Gasteiger partial charge is 0.0669 e. The Morgan fingerprint density at radius 3 is 2.10 bits per heavy atom. The quantitative estimate of drug-likeness (QED) is 0.731. The summed E-state index contributed by atoms with van der Waals surface area (Å²) >= 11 is 6.14. The van der Waals surface area contributed by atoms with Crippen LogP contribution in [0.2, 0.25) is 0 Å². The fraction of sp³-hybridized carbons (Fsp3) is 0.500. The van der Waals surface area contributed by atoms with Crippen molar-refractivity contribution in [3.05, 3.63) is 51.3 Å². The zero-order chi connectivity index (χ0) is 15.6. The Balaban J connectivity index is 2.47. The monoisotopic (exact) mass is 304 g/mol. The van der Waals surface area contributed by atoms with E-state index in [-0.39, 0.29) is 0 Å². The van der Waals surface area contributed by atoms with Crippen LogP contribution in [0.5, 0.6) is 0 Å². The summed E-state index contributed by atoms with van der Waals surface area (Å²) in [5.74, 6) is 0.554. The number of hydrogen-bond donors (Lipinski definition) is 0. The maximum atomic E-state index is 6.14. The Hall–Kier alpha value is -1.28. The number of hydrogen-bond acceptors (Lipinski definition) is 1. The molecular formula is C18H25ClN2. The van der Waals surface area contributed by atoms with Crippen molar-refractivity contribution in [1.82, 2.24) is 9.78 Å². The summed E-state index contributed by atoms with van der Waals surface area (Å²) in [7, 11) is 0. The number of halogens is 1. The highest BCUT2D eigenvalue weighted by Gasteiger charge is 2.16. The third-order valence-corrected chi connectivity index (χ3v) is 4.47. The lowest BCUT2D eigenvalue weighted by Crippen LogP contribution is -2.09. The second-order valence-corrected chi connectivity index (χ2v) is 6.01. The molecular weight excluding hydrogens is 280 g/mol. The van der Waals surface area contributed by atoms with Crippen LogP contribution >= 0.6 is 11.6 Å². The molecule has 0 radical (unpaired) electrons. The van der Waals surface area contributed by atoms with Crippen molar-refractivity contribution in [2.45, 2.75) is 59.9 Å². The fourth-order valence-electron chi connectivity index (χ4n) is 3.16. The van der Waals surface area contributed by atoms with Gasteiger partial charge in [0.2, 0.25) is 0 Å². The number of rotatable bonds is 5. The SMILES string of the molecule is CCc1nn(Cc2c(C)cc(C)cc2C)c(CC)c1CCl. The molecule has 0 bridgehead atoms. The summed E-state index contributed by atoms with van der Waals surface area (Å²) in [6.07, 6.45) is 1.91. The lowest BCUT2D eigenvalue weighted by atomic mass is 10.00. The zero-order valence-corrected chi connectivity index (χ0v) is 14.5. The largest absolute Gasteiger partial charge is 0.265 e. The van der Waals surface area contributed by atoms with Crippen molar-refractivity contribution >= 4 is 11.6 Å². The van der Waals surface area contributed by atoms with E-state index in [0.717, 1.165) is 25.1 Å². The molecule has 1 aromatic carbocycles. The van der Waals surface area contributed by atoms with E-state index in [2.05, 4.69) is 51.4 Å². The topological polar surface area (TPSA) is 17.8 Å². The summed E-state index contributed by atoms with van der Waals surface area (Å²) in [4.78, 5) is 0. The van der Waals surface area contributed by atoms with E-state index in [1.807, 2.05) is 0 Å². The first kappa shape index (κ1) is 16.1. The van der Waals surface area contributed by atoms with E-state index in [1.54, 1.807) is 0 Å². The molecule has 0 N–H and O–H groups in total. The van der Waals surface area contributed by atoms with Crippen molar-refractivity contribution in [3.63, 3.8) is 0 Å². The second kappa shape index (κ2) is 6.65. The molecule has 21 heavy (non-hydrogen) atoms. The first-order valence-electron chi connectivity index (χ1n) is 7.71. The van der Waals surface area contributed by atoms with Crippen molar-refractivity contribution in [1.29, 1.82) is 0 Å². The predicted molar refractivity (Wildman–Crippen MR) is 90.3 cm³/mol. The lowest BCUT2D eigenvalue weighted by molar-refractivity contribution is 0.635. The highest BCUT2D eigenvalue weighted by Crippen LogP contribution is 2.22. The first-order chi connectivity index (χ1) is 10.0. The van der Waals surface area contributed by atoms with Gasteiger partial charge in [0.15, 0.2) is 0 Å². The van der Waals surface area contributed by atoms with Gasteiger partial charge in [-0.3, -0.25) is 4.68 Å². The van der Waals surface area contributed by atoms with Crippen LogP contribution in [-0.4, -0.2) is 9.78 Å². The molecule has 0 aliphatic carbocycles. The van der Waals surface area contributed by atoms with Gasteiger partial charge in [0.05, 0.1) is 18.1 Å². The Bertz CT molecular complexity index is 618. The summed E-state index contributed by atoms with van der Waals surface area (Å²) in [6, 6.07) is 4.50. The molecule has 0 spiro atoms. The highest BCUT2D eigenvalue weighted by molar-refractivity contribution is 6.17. The van der Waals surface area contributed by atoms with Crippen LogP contribution < -0.4 is 0 Å². The molecule has 0 aliphatic heterocycles. The van der Waals surface area contributed by atoms with Crippen LogP contribution in [0.15, 0.2) is 12.1 Å². The van der Waals surface area contributed by atoms with Gasteiger partial charge in [-0.2, -0.15) is 5.10 Å². The molecule has 0 atom stereocenters. The summed E-state index contributed by atoms with van der Waals surface area (Å²) in [5, 5.41) is 4.80. The number of aromatic nitrogens is 2. The molecule has 1 heterocycles. The van der Waals surface area contributed by atoms with Gasteiger partial charge in [-0.1, -0.05) is 31.5 Å². The third kappa shape index (κ3) is 3.16. The molecule has 0 unspecified atom stereocenters. The van der Waals surface area contributed by atoms with E-state index >= 15 is 0 Å². The molecule has 0 aliphatic rings. The average Bonchev–Trinajstić information content (AvgIpc) is 2.79. The van der Waals surface area contributed by atoms with Gasteiger partial charge in [-0.25, -0.2) is 0 Å². The number of nitrogens with zero attached hydrogens (tertiary/aromatic N) is 2. The average molecular weight is 305 g/mol. The standard InChI is InChI=1S/C18H25ClN2/c1-6-17-15(10-19)18(7-2)21(20-17)11-16-13(4)8-12(3)9-14(16)5/h8-9H,6-7,10-11H2,1-5H3. The highest BCUT2D eigenvalue weighted by atomic mass is 35.5. The fourth-order valence-corrected chi connectivity index (χ4v) is 3.47. The Morgan fingerprint density at radius 2 is 1.62 bits per heavy atom. The Kier molecular flexibility index (Phi) is 5.10. The van der Waals surface area contributed by atoms with Crippen molar-refractivity contribution < 1.29 is 0 Å². The minimum absolute atomic E-state index is 0.554. The number of benzene rings is 1. The predicted octanol–water partition coefficient (Wildman–Crippen LogP) is 4.72. The molecule has 0 saturated heterocycles. The zero-order valence-electron chi connectivity index (χ0n) is 13.8. The lowest BCUT2D eigenvalue weighted by Gasteiger charge is -2.13. The maximum absolute atomic E-state index is 6.14. The molecule has 3 heteroatoms. The van der Waals surface area contributed by atoms with Crippen LogP contribution in [0, 0.1) is 20.8 Å². The van der Waals surface area contributed by atoms with E-state index < -0.39 is 0 Å². The second-order valence-electron chi connectivity index (χ2n) is 5.75. The number of alkyl halides is 1. The molecule has 0 amide bonds. The molecule has 0 fully saturated rings. The van der Waals surface area contributed by atoms with E-state index in [4.69, 9.17) is 16.7 Å².